The molecule has 0 heterocycles. The van der Waals surface area contributed by atoms with Gasteiger partial charge in [-0.2, -0.15) is 0 Å². The summed E-state index contributed by atoms with van der Waals surface area (Å²) in [5, 5.41) is 16.7. The quantitative estimate of drug-likeness (QED) is 0.249. The first-order valence-electron chi connectivity index (χ1n) is 0.946. The van der Waals surface area contributed by atoms with Crippen molar-refractivity contribution >= 4 is 55.0 Å². The van der Waals surface area contributed by atoms with Crippen LogP contribution in [0.2, 0.25) is 0 Å². The number of hydrogen-bond acceptors (Lipinski definition) is 5. The Morgan fingerprint density at radius 3 is 1.29 bits per heavy atom. The van der Waals surface area contributed by atoms with Crippen molar-refractivity contribution in [2.75, 3.05) is 0 Å². The van der Waals surface area contributed by atoms with Crippen molar-refractivity contribution in [2.45, 2.75) is 0 Å². The number of carbonyl (C=O) groups excluding carboxylic acids is 1. The summed E-state index contributed by atoms with van der Waals surface area (Å²) < 4.78 is 0. The average Bonchev–Trinajstić information content (AvgIpc) is 1.41. The molecular weight excluding hydrogens is 225 g/mol. The second-order valence-electron chi connectivity index (χ2n) is 0.250. The SMILES string of the molecule is NN.O=C([O-])[O-].[Ba+2]. The first-order chi connectivity index (χ1) is 2.73. The Labute approximate surface area is 80.7 Å². The molecule has 0 aliphatic carbocycles. The second kappa shape index (κ2) is 15.9. The topological polar surface area (TPSA) is 115 Å². The number of hydrazine groups is 1. The van der Waals surface area contributed by atoms with Crippen molar-refractivity contribution in [1.82, 2.24) is 0 Å². The first kappa shape index (κ1) is 15.7. The van der Waals surface area contributed by atoms with E-state index in [-0.39, 0.29) is 48.9 Å². The molecule has 0 spiro atoms. The summed E-state index contributed by atoms with van der Waals surface area (Å²) in [5.74, 6) is 8.00. The van der Waals surface area contributed by atoms with Crippen molar-refractivity contribution in [3.8, 4) is 0 Å². The molecule has 0 amide bonds. The Morgan fingerprint density at radius 2 is 1.29 bits per heavy atom. The molecule has 4 N–H and O–H groups in total. The van der Waals surface area contributed by atoms with E-state index in [2.05, 4.69) is 11.7 Å². The average molecular weight is 229 g/mol. The third-order valence-corrected chi connectivity index (χ3v) is 0. The molecule has 0 aromatic heterocycles. The van der Waals surface area contributed by atoms with Gasteiger partial charge in [-0.1, -0.05) is 0 Å². The molecule has 5 nitrogen and oxygen atoms in total. The van der Waals surface area contributed by atoms with Gasteiger partial charge in [-0.15, -0.1) is 0 Å². The normalized spacial score (nSPS) is 4.29. The fourth-order valence-corrected chi connectivity index (χ4v) is 0. The van der Waals surface area contributed by atoms with E-state index < -0.39 is 6.16 Å². The Hall–Kier alpha value is 0.761. The number of hydrogen-bond donors (Lipinski definition) is 2. The molecule has 0 aromatic carbocycles. The van der Waals surface area contributed by atoms with Crippen molar-refractivity contribution in [3.05, 3.63) is 0 Å². The van der Waals surface area contributed by atoms with Crippen molar-refractivity contribution < 1.29 is 15.0 Å². The van der Waals surface area contributed by atoms with Crippen LogP contribution in [-0.2, 0) is 0 Å². The third-order valence-electron chi connectivity index (χ3n) is 0. The van der Waals surface area contributed by atoms with Crippen molar-refractivity contribution in [1.29, 1.82) is 0 Å². The van der Waals surface area contributed by atoms with E-state index >= 15 is 0 Å². The fraction of sp³-hybridized carbons (Fsp3) is 0. The number of carbonyl (C=O) groups is 1. The summed E-state index contributed by atoms with van der Waals surface area (Å²) in [6.07, 6.45) is -2.33. The maximum Gasteiger partial charge on any atom is 2.00 e. The van der Waals surface area contributed by atoms with E-state index in [1.165, 1.54) is 0 Å². The third kappa shape index (κ3) is 264. The summed E-state index contributed by atoms with van der Waals surface area (Å²) in [5.41, 5.74) is 0. The standard InChI is InChI=1S/CH2O3.Ba.H4N2/c2-1(3)4;;1-2/h(H2,2,3,4);;1-2H2/q;+2;/p-2. The molecule has 0 aliphatic rings. The summed E-state index contributed by atoms with van der Waals surface area (Å²) in [7, 11) is 0. The molecule has 0 atom stereocenters. The van der Waals surface area contributed by atoms with E-state index in [1.54, 1.807) is 0 Å². The van der Waals surface area contributed by atoms with Crippen LogP contribution in [0.3, 0.4) is 0 Å². The Morgan fingerprint density at radius 1 is 1.29 bits per heavy atom. The molecule has 0 unspecified atom stereocenters. The number of nitrogens with two attached hydrogens (primary N) is 2. The van der Waals surface area contributed by atoms with Gasteiger partial charge in [0.25, 0.3) is 0 Å². The zero-order chi connectivity index (χ0) is 5.58. The summed E-state index contributed by atoms with van der Waals surface area (Å²) in [6, 6.07) is 0. The van der Waals surface area contributed by atoms with E-state index in [4.69, 9.17) is 15.0 Å². The van der Waals surface area contributed by atoms with E-state index in [0.29, 0.717) is 0 Å². The molecule has 6 heteroatoms. The molecule has 0 aliphatic heterocycles. The smallest absolute Gasteiger partial charge is 0.652 e. The minimum Gasteiger partial charge on any atom is -0.652 e. The predicted octanol–water partition coefficient (Wildman–Crippen LogP) is -4.01. The molecule has 0 fully saturated rings. The fourth-order valence-electron chi connectivity index (χ4n) is 0. The van der Waals surface area contributed by atoms with Crippen molar-refractivity contribution in [3.63, 3.8) is 0 Å². The predicted molar refractivity (Wildman–Crippen MR) is 19.5 cm³/mol. The first-order valence-corrected chi connectivity index (χ1v) is 0.946. The van der Waals surface area contributed by atoms with E-state index in [9.17, 15) is 0 Å². The van der Waals surface area contributed by atoms with Gasteiger partial charge in [-0.25, -0.2) is 0 Å². The van der Waals surface area contributed by atoms with Crippen LogP contribution in [0.5, 0.6) is 0 Å². The van der Waals surface area contributed by atoms with Gasteiger partial charge in [-0.05, 0) is 6.16 Å². The van der Waals surface area contributed by atoms with Crippen LogP contribution in [-0.4, -0.2) is 55.0 Å². The molecule has 38 valence electrons. The number of carboxylic acid groups (broad SMARTS) is 2. The zero-order valence-electron chi connectivity index (χ0n) is 3.59. The Bertz CT molecular complexity index is 35.9. The molecule has 0 saturated carbocycles. The largest absolute Gasteiger partial charge is 2.00 e. The maximum absolute atomic E-state index is 8.33. The van der Waals surface area contributed by atoms with Crippen LogP contribution < -0.4 is 21.9 Å². The van der Waals surface area contributed by atoms with Crippen LogP contribution in [0.25, 0.3) is 0 Å². The van der Waals surface area contributed by atoms with Gasteiger partial charge in [0, 0.05) is 0 Å². The van der Waals surface area contributed by atoms with Crippen LogP contribution in [0, 0.1) is 0 Å². The van der Waals surface area contributed by atoms with E-state index in [0.717, 1.165) is 0 Å². The molecule has 0 bridgehead atoms. The summed E-state index contributed by atoms with van der Waals surface area (Å²) in [6.45, 7) is 0. The molecule has 7 heavy (non-hydrogen) atoms. The van der Waals surface area contributed by atoms with Gasteiger partial charge < -0.3 is 15.0 Å². The van der Waals surface area contributed by atoms with Gasteiger partial charge in [0.1, 0.15) is 0 Å². The van der Waals surface area contributed by atoms with Crippen LogP contribution >= 0.6 is 0 Å². The molecular formula is CH4BaN2O3. The van der Waals surface area contributed by atoms with Crippen LogP contribution in [0.15, 0.2) is 0 Å². The molecule has 0 radical (unpaired) electrons. The van der Waals surface area contributed by atoms with Gasteiger partial charge in [-0.3, -0.25) is 11.7 Å². The minimum atomic E-state index is -2.33. The van der Waals surface area contributed by atoms with Gasteiger partial charge in [0.05, 0.1) is 0 Å². The van der Waals surface area contributed by atoms with Crippen LogP contribution in [0.1, 0.15) is 0 Å². The number of rotatable bonds is 0. The Balaban J connectivity index is -0.0000000480. The second-order valence-corrected chi connectivity index (χ2v) is 0.250. The summed E-state index contributed by atoms with van der Waals surface area (Å²) in [4.78, 5) is 8.33. The van der Waals surface area contributed by atoms with Gasteiger partial charge in [0.2, 0.25) is 0 Å². The molecule has 0 saturated heterocycles. The Kier molecular flexibility index (Phi) is 35.5. The monoisotopic (exact) mass is 230 g/mol. The molecule has 0 rings (SSSR count). The van der Waals surface area contributed by atoms with Gasteiger partial charge in [0.15, 0.2) is 0 Å². The maximum atomic E-state index is 8.33. The molecule has 0 aromatic rings. The minimum absolute atomic E-state index is 0. The van der Waals surface area contributed by atoms with Gasteiger partial charge >= 0.3 is 48.9 Å². The zero-order valence-corrected chi connectivity index (χ0v) is 8.03. The van der Waals surface area contributed by atoms with Crippen molar-refractivity contribution in [2.24, 2.45) is 11.7 Å². The van der Waals surface area contributed by atoms with E-state index in [1.807, 2.05) is 0 Å². The van der Waals surface area contributed by atoms with Crippen LogP contribution in [0.4, 0.5) is 4.79 Å². The summed E-state index contributed by atoms with van der Waals surface area (Å²) >= 11 is 0.